The van der Waals surface area contributed by atoms with Gasteiger partial charge in [0.25, 0.3) is 11.5 Å². The molecule has 0 unspecified atom stereocenters. The monoisotopic (exact) mass is 681 g/mol. The number of carbonyl (C=O) groups excluding carboxylic acids is 2. The standard InChI is InChI=1S/C38H43N3O7Si/c1-25-35(49(4,5)29-16-14-28(46-2)15-17-29)33(23-34(43)40(20-21-42)24-26-10-7-6-8-11-26)48-38(25)30-22-27(13-18-31(30)39-37(38)45)41-19-9-12-32(47-3)36(41)44/h6-19,22,25,33,35,42H,20-21,23-24H2,1-5H3,(H,39,45)/t25-,33+,35-,38+/m1/s1. The van der Waals surface area contributed by atoms with Crippen LogP contribution < -0.4 is 25.5 Å². The number of nitrogens with zero attached hydrogens (tertiary/aromatic N) is 2. The molecule has 1 fully saturated rings. The number of carbonyl (C=O) groups is 2. The van der Waals surface area contributed by atoms with Gasteiger partial charge in [-0.05, 0) is 53.6 Å². The van der Waals surface area contributed by atoms with Crippen molar-refractivity contribution >= 4 is 30.8 Å². The van der Waals surface area contributed by atoms with E-state index >= 15 is 0 Å². The lowest BCUT2D eigenvalue weighted by molar-refractivity contribution is -0.148. The van der Waals surface area contributed by atoms with Crippen LogP contribution in [0.2, 0.25) is 18.6 Å². The quantitative estimate of drug-likeness (QED) is 0.225. The van der Waals surface area contributed by atoms with Crippen LogP contribution in [0.1, 0.15) is 24.5 Å². The fourth-order valence-electron chi connectivity index (χ4n) is 7.82. The first kappa shape index (κ1) is 34.2. The van der Waals surface area contributed by atoms with Gasteiger partial charge < -0.3 is 29.5 Å². The van der Waals surface area contributed by atoms with E-state index in [4.69, 9.17) is 14.2 Å². The summed E-state index contributed by atoms with van der Waals surface area (Å²) in [7, 11) is 0.586. The number of rotatable bonds is 11. The zero-order chi connectivity index (χ0) is 34.9. The highest BCUT2D eigenvalue weighted by Gasteiger charge is 2.65. The number of methoxy groups -OCH3 is 2. The van der Waals surface area contributed by atoms with Gasteiger partial charge in [-0.1, -0.05) is 67.7 Å². The van der Waals surface area contributed by atoms with Crippen LogP contribution in [0, 0.1) is 5.92 Å². The summed E-state index contributed by atoms with van der Waals surface area (Å²) in [5, 5.41) is 14.1. The molecule has 3 aromatic carbocycles. The molecule has 2 N–H and O–H groups in total. The fraction of sp³-hybridized carbons (Fsp3) is 0.342. The normalized spacial score (nSPS) is 21.3. The van der Waals surface area contributed by atoms with Crippen molar-refractivity contribution in [2.45, 2.75) is 50.2 Å². The topological polar surface area (TPSA) is 119 Å². The highest BCUT2D eigenvalue weighted by atomic mass is 28.3. The molecule has 49 heavy (non-hydrogen) atoms. The molecular weight excluding hydrogens is 639 g/mol. The van der Waals surface area contributed by atoms with Crippen LogP contribution in [0.3, 0.4) is 0 Å². The second kappa shape index (κ2) is 13.7. The van der Waals surface area contributed by atoms with Crippen LogP contribution in [-0.2, 0) is 26.5 Å². The van der Waals surface area contributed by atoms with Crippen molar-refractivity contribution in [1.29, 1.82) is 0 Å². The Kier molecular flexibility index (Phi) is 9.52. The molecule has 2 aliphatic heterocycles. The molecular formula is C38H43N3O7Si. The largest absolute Gasteiger partial charge is 0.497 e. The maximum Gasteiger partial charge on any atom is 0.297 e. The van der Waals surface area contributed by atoms with Gasteiger partial charge in [-0.25, -0.2) is 0 Å². The molecule has 0 saturated carbocycles. The summed E-state index contributed by atoms with van der Waals surface area (Å²) >= 11 is 0. The first-order valence-electron chi connectivity index (χ1n) is 16.5. The number of hydrogen-bond acceptors (Lipinski definition) is 7. The average molecular weight is 682 g/mol. The van der Waals surface area contributed by atoms with E-state index in [9.17, 15) is 19.5 Å². The van der Waals surface area contributed by atoms with Gasteiger partial charge in [-0.3, -0.25) is 19.0 Å². The number of aromatic nitrogens is 1. The number of nitrogens with one attached hydrogen (secondary N) is 1. The average Bonchev–Trinajstić information content (AvgIpc) is 3.56. The molecule has 10 nitrogen and oxygen atoms in total. The number of amides is 2. The zero-order valence-corrected chi connectivity index (χ0v) is 29.5. The molecule has 0 bridgehead atoms. The third-order valence-corrected chi connectivity index (χ3v) is 14.7. The third kappa shape index (κ3) is 6.07. The number of benzene rings is 3. The molecule has 4 aromatic rings. The molecule has 1 saturated heterocycles. The molecule has 3 heterocycles. The third-order valence-electron chi connectivity index (χ3n) is 10.3. The molecule has 2 amide bonds. The number of anilines is 1. The molecule has 0 aliphatic carbocycles. The minimum atomic E-state index is -2.50. The van der Waals surface area contributed by atoms with Gasteiger partial charge >= 0.3 is 0 Å². The Balaban J connectivity index is 1.43. The molecule has 6 rings (SSSR count). The highest BCUT2D eigenvalue weighted by molar-refractivity contribution is 6.91. The van der Waals surface area contributed by atoms with Gasteiger partial charge in [0, 0.05) is 42.1 Å². The highest BCUT2D eigenvalue weighted by Crippen LogP contribution is 2.58. The first-order chi connectivity index (χ1) is 23.5. The summed E-state index contributed by atoms with van der Waals surface area (Å²) in [4.78, 5) is 43.2. The van der Waals surface area contributed by atoms with Crippen molar-refractivity contribution in [3.05, 3.63) is 113 Å². The Morgan fingerprint density at radius 3 is 2.41 bits per heavy atom. The number of hydrogen-bond donors (Lipinski definition) is 2. The van der Waals surface area contributed by atoms with Crippen LogP contribution in [0.4, 0.5) is 5.69 Å². The Hall–Kier alpha value is -4.71. The molecule has 1 spiro atoms. The Bertz CT molecular complexity index is 1900. The van der Waals surface area contributed by atoms with E-state index in [1.165, 1.54) is 11.7 Å². The molecule has 4 atom stereocenters. The number of aliphatic hydroxyl groups excluding tert-OH is 1. The number of ether oxygens (including phenoxy) is 3. The molecule has 1 aromatic heterocycles. The van der Waals surface area contributed by atoms with Gasteiger partial charge in [0.05, 0.1) is 41.4 Å². The van der Waals surface area contributed by atoms with Crippen LogP contribution in [0.25, 0.3) is 5.69 Å². The lowest BCUT2D eigenvalue weighted by Gasteiger charge is -2.37. The second-order valence-corrected chi connectivity index (χ2v) is 18.0. The number of aliphatic hydroxyl groups is 1. The predicted molar refractivity (Wildman–Crippen MR) is 190 cm³/mol. The van der Waals surface area contributed by atoms with E-state index in [1.54, 1.807) is 42.5 Å². The number of pyridine rings is 1. The van der Waals surface area contributed by atoms with Crippen molar-refractivity contribution in [1.82, 2.24) is 9.47 Å². The van der Waals surface area contributed by atoms with Gasteiger partial charge in [0.1, 0.15) is 5.75 Å². The smallest absolute Gasteiger partial charge is 0.297 e. The summed E-state index contributed by atoms with van der Waals surface area (Å²) in [5.74, 6) is 0.157. The Labute approximate surface area is 287 Å². The van der Waals surface area contributed by atoms with Gasteiger partial charge in [-0.2, -0.15) is 0 Å². The van der Waals surface area contributed by atoms with Gasteiger partial charge in [0.2, 0.25) is 5.91 Å². The second-order valence-electron chi connectivity index (χ2n) is 13.3. The van der Waals surface area contributed by atoms with E-state index in [2.05, 4.69) is 30.5 Å². The predicted octanol–water partition coefficient (Wildman–Crippen LogP) is 4.43. The Morgan fingerprint density at radius 2 is 1.73 bits per heavy atom. The van der Waals surface area contributed by atoms with Crippen molar-refractivity contribution in [3.63, 3.8) is 0 Å². The minimum absolute atomic E-state index is 0.0355. The summed E-state index contributed by atoms with van der Waals surface area (Å²) in [5.41, 5.74) is 0.863. The zero-order valence-electron chi connectivity index (χ0n) is 28.5. The van der Waals surface area contributed by atoms with Gasteiger partial charge in [0.15, 0.2) is 11.4 Å². The van der Waals surface area contributed by atoms with Crippen molar-refractivity contribution in [2.75, 3.05) is 32.7 Å². The van der Waals surface area contributed by atoms with E-state index in [1.807, 2.05) is 55.5 Å². The van der Waals surface area contributed by atoms with Crippen molar-refractivity contribution in [3.8, 4) is 17.2 Å². The lowest BCUT2D eigenvalue weighted by atomic mass is 9.82. The minimum Gasteiger partial charge on any atom is -0.497 e. The maximum atomic E-state index is 14.2. The van der Waals surface area contributed by atoms with Crippen molar-refractivity contribution in [2.24, 2.45) is 5.92 Å². The van der Waals surface area contributed by atoms with Gasteiger partial charge in [-0.15, -0.1) is 0 Å². The van der Waals surface area contributed by atoms with E-state index in [-0.39, 0.29) is 54.2 Å². The van der Waals surface area contributed by atoms with Crippen molar-refractivity contribution < 1.29 is 28.9 Å². The molecule has 2 aliphatic rings. The van der Waals surface area contributed by atoms with Crippen LogP contribution >= 0.6 is 0 Å². The lowest BCUT2D eigenvalue weighted by Crippen LogP contribution is -2.52. The van der Waals surface area contributed by atoms with Crippen LogP contribution in [-0.4, -0.2) is 67.9 Å². The molecule has 0 radical (unpaired) electrons. The van der Waals surface area contributed by atoms with Crippen LogP contribution in [0.5, 0.6) is 11.5 Å². The molecule has 256 valence electrons. The summed E-state index contributed by atoms with van der Waals surface area (Å²) in [6, 6.07) is 26.5. The first-order valence-corrected chi connectivity index (χ1v) is 19.6. The summed E-state index contributed by atoms with van der Waals surface area (Å²) < 4.78 is 19.2. The SMILES string of the molecule is COc1ccc([Si](C)(C)[C@H]2[C@H](CC(=O)N(CCO)Cc3ccccc3)O[C@@]3(C(=O)Nc4ccc(-n5cccc(OC)c5=O)cc43)[C@@H]2C)cc1. The Morgan fingerprint density at radius 1 is 1.00 bits per heavy atom. The summed E-state index contributed by atoms with van der Waals surface area (Å²) in [6.07, 6.45) is 1.09. The summed E-state index contributed by atoms with van der Waals surface area (Å²) in [6.45, 7) is 6.90. The maximum absolute atomic E-state index is 14.2. The van der Waals surface area contributed by atoms with E-state index in [0.717, 1.165) is 16.5 Å². The van der Waals surface area contributed by atoms with E-state index < -0.39 is 19.8 Å². The number of fused-ring (bicyclic) bond motifs is 2. The molecule has 11 heteroatoms. The fourth-order valence-corrected chi connectivity index (χ4v) is 11.8. The van der Waals surface area contributed by atoms with E-state index in [0.29, 0.717) is 23.5 Å². The van der Waals surface area contributed by atoms with Crippen LogP contribution in [0.15, 0.2) is 95.9 Å².